The van der Waals surface area contributed by atoms with Crippen LogP contribution in [0.5, 0.6) is 0 Å². The molecule has 3 aromatic rings. The Morgan fingerprint density at radius 1 is 1.12 bits per heavy atom. The van der Waals surface area contributed by atoms with Gasteiger partial charge in [0.15, 0.2) is 0 Å². The molecule has 1 aliphatic rings. The van der Waals surface area contributed by atoms with Crippen LogP contribution in [0, 0.1) is 5.92 Å². The first-order valence-corrected chi connectivity index (χ1v) is 10.9. The molecule has 170 valence electrons. The number of benzene rings is 2. The summed E-state index contributed by atoms with van der Waals surface area (Å²) in [6.07, 6.45) is 1.81. The highest BCUT2D eigenvalue weighted by Gasteiger charge is 2.31. The first-order chi connectivity index (χ1) is 15.9. The maximum absolute atomic E-state index is 13.0. The van der Waals surface area contributed by atoms with Gasteiger partial charge in [-0.3, -0.25) is 19.5 Å². The minimum Gasteiger partial charge on any atom is -0.352 e. The van der Waals surface area contributed by atoms with Gasteiger partial charge < -0.3 is 15.1 Å². The predicted molar refractivity (Wildman–Crippen MR) is 124 cm³/mol. The van der Waals surface area contributed by atoms with Crippen molar-refractivity contribution in [2.75, 3.05) is 20.6 Å². The highest BCUT2D eigenvalue weighted by Crippen LogP contribution is 2.23. The Morgan fingerprint density at radius 2 is 1.85 bits per heavy atom. The highest BCUT2D eigenvalue weighted by molar-refractivity contribution is 5.99. The zero-order chi connectivity index (χ0) is 23.4. The Balaban J connectivity index is 1.38. The van der Waals surface area contributed by atoms with Crippen LogP contribution in [-0.2, 0) is 22.7 Å². The van der Waals surface area contributed by atoms with Gasteiger partial charge in [-0.25, -0.2) is 0 Å². The molecule has 33 heavy (non-hydrogen) atoms. The maximum Gasteiger partial charge on any atom is 0.257 e. The van der Waals surface area contributed by atoms with E-state index in [-0.39, 0.29) is 30.1 Å². The third-order valence-electron chi connectivity index (χ3n) is 5.90. The van der Waals surface area contributed by atoms with Crippen molar-refractivity contribution >= 4 is 17.7 Å². The second-order valence-electron chi connectivity index (χ2n) is 8.40. The van der Waals surface area contributed by atoms with Crippen LogP contribution in [-0.4, -0.2) is 58.4 Å². The van der Waals surface area contributed by atoms with Gasteiger partial charge in [0, 0.05) is 45.7 Å². The molecule has 0 aliphatic carbocycles. The quantitative estimate of drug-likeness (QED) is 0.584. The lowest BCUT2D eigenvalue weighted by atomic mass is 10.0. The number of aromatic nitrogens is 2. The SMILES string of the molecule is CN1CC(C(=O)NCc2ccc(-c3[nH]ncc3C(=O)N(C)Cc3ccccc3)cc2)CC1=O. The molecule has 1 aliphatic heterocycles. The number of nitrogens with one attached hydrogen (secondary N) is 2. The predicted octanol–water partition coefficient (Wildman–Crippen LogP) is 2.44. The van der Waals surface area contributed by atoms with E-state index in [0.717, 1.165) is 16.7 Å². The van der Waals surface area contributed by atoms with E-state index >= 15 is 0 Å². The number of hydrogen-bond donors (Lipinski definition) is 2. The largest absolute Gasteiger partial charge is 0.352 e. The zero-order valence-corrected chi connectivity index (χ0v) is 18.7. The van der Waals surface area contributed by atoms with Gasteiger partial charge in [0.25, 0.3) is 5.91 Å². The third kappa shape index (κ3) is 5.11. The van der Waals surface area contributed by atoms with Crippen LogP contribution in [0.15, 0.2) is 60.8 Å². The number of rotatable bonds is 7. The van der Waals surface area contributed by atoms with Gasteiger partial charge >= 0.3 is 0 Å². The van der Waals surface area contributed by atoms with Crippen molar-refractivity contribution in [3.05, 3.63) is 77.5 Å². The topological polar surface area (TPSA) is 98.4 Å². The Bertz CT molecular complexity index is 1140. The molecule has 1 saturated heterocycles. The molecule has 1 unspecified atom stereocenters. The molecule has 1 atom stereocenters. The van der Waals surface area contributed by atoms with Gasteiger partial charge in [0.05, 0.1) is 23.4 Å². The molecule has 0 bridgehead atoms. The second-order valence-corrected chi connectivity index (χ2v) is 8.40. The van der Waals surface area contributed by atoms with Crippen LogP contribution >= 0.6 is 0 Å². The Kier molecular flexibility index (Phi) is 6.53. The number of aromatic amines is 1. The average molecular weight is 446 g/mol. The fraction of sp³-hybridized carbons (Fsp3) is 0.280. The van der Waals surface area contributed by atoms with E-state index in [2.05, 4.69) is 15.5 Å². The van der Waals surface area contributed by atoms with E-state index < -0.39 is 0 Å². The van der Waals surface area contributed by atoms with Crippen molar-refractivity contribution in [2.45, 2.75) is 19.5 Å². The molecule has 1 fully saturated rings. The lowest BCUT2D eigenvalue weighted by Crippen LogP contribution is -2.31. The molecule has 4 rings (SSSR count). The lowest BCUT2D eigenvalue weighted by molar-refractivity contribution is -0.128. The zero-order valence-electron chi connectivity index (χ0n) is 18.7. The molecule has 8 nitrogen and oxygen atoms in total. The monoisotopic (exact) mass is 445 g/mol. The summed E-state index contributed by atoms with van der Waals surface area (Å²) >= 11 is 0. The van der Waals surface area contributed by atoms with E-state index in [9.17, 15) is 14.4 Å². The molecular weight excluding hydrogens is 418 g/mol. The van der Waals surface area contributed by atoms with E-state index in [0.29, 0.717) is 30.9 Å². The number of hydrogen-bond acceptors (Lipinski definition) is 4. The summed E-state index contributed by atoms with van der Waals surface area (Å²) in [7, 11) is 3.48. The Hall–Kier alpha value is -3.94. The number of likely N-dealkylation sites (tertiary alicyclic amines) is 1. The van der Waals surface area contributed by atoms with Crippen molar-refractivity contribution in [3.63, 3.8) is 0 Å². The summed E-state index contributed by atoms with van der Waals surface area (Å²) < 4.78 is 0. The van der Waals surface area contributed by atoms with Gasteiger partial charge in [0.1, 0.15) is 0 Å². The summed E-state index contributed by atoms with van der Waals surface area (Å²) in [5.41, 5.74) is 3.98. The second kappa shape index (κ2) is 9.68. The molecule has 2 N–H and O–H groups in total. The summed E-state index contributed by atoms with van der Waals surface area (Å²) in [6, 6.07) is 17.4. The molecule has 1 aromatic heterocycles. The Labute approximate surface area is 192 Å². The van der Waals surface area contributed by atoms with E-state index in [4.69, 9.17) is 0 Å². The molecule has 2 aromatic carbocycles. The average Bonchev–Trinajstić information content (AvgIpc) is 3.45. The molecule has 8 heteroatoms. The summed E-state index contributed by atoms with van der Waals surface area (Å²) in [5, 5.41) is 9.92. The smallest absolute Gasteiger partial charge is 0.257 e. The highest BCUT2D eigenvalue weighted by atomic mass is 16.2. The van der Waals surface area contributed by atoms with Crippen LogP contribution in [0.2, 0.25) is 0 Å². The van der Waals surface area contributed by atoms with E-state index in [1.54, 1.807) is 30.1 Å². The number of carbonyl (C=O) groups is 3. The minimum absolute atomic E-state index is 0.00109. The van der Waals surface area contributed by atoms with Crippen molar-refractivity contribution < 1.29 is 14.4 Å². The van der Waals surface area contributed by atoms with Gasteiger partial charge in [-0.1, -0.05) is 54.6 Å². The number of carbonyl (C=O) groups excluding carboxylic acids is 3. The number of nitrogens with zero attached hydrogens (tertiary/aromatic N) is 3. The first kappa shape index (κ1) is 22.3. The van der Waals surface area contributed by atoms with Crippen LogP contribution < -0.4 is 5.32 Å². The normalized spacial score (nSPS) is 15.5. The Morgan fingerprint density at radius 3 is 2.52 bits per heavy atom. The summed E-state index contributed by atoms with van der Waals surface area (Å²) in [4.78, 5) is 40.2. The maximum atomic E-state index is 13.0. The van der Waals surface area contributed by atoms with Crippen molar-refractivity contribution in [1.29, 1.82) is 0 Å². The van der Waals surface area contributed by atoms with Gasteiger partial charge in [-0.15, -0.1) is 0 Å². The minimum atomic E-state index is -0.298. The summed E-state index contributed by atoms with van der Waals surface area (Å²) in [6.45, 7) is 1.34. The molecular formula is C25H27N5O3. The van der Waals surface area contributed by atoms with Crippen molar-refractivity contribution in [1.82, 2.24) is 25.3 Å². The lowest BCUT2D eigenvalue weighted by Gasteiger charge is -2.17. The third-order valence-corrected chi connectivity index (χ3v) is 5.90. The van der Waals surface area contributed by atoms with Crippen LogP contribution in [0.4, 0.5) is 0 Å². The number of H-pyrrole nitrogens is 1. The standard InChI is InChI=1S/C25H27N5O3/c1-29-16-20(12-22(29)31)24(32)26-13-17-8-10-19(11-9-17)23-21(14-27-28-23)25(33)30(2)15-18-6-4-3-5-7-18/h3-11,14,20H,12-13,15-16H2,1-2H3,(H,26,32)(H,27,28). The van der Waals surface area contributed by atoms with Crippen molar-refractivity contribution in [2.24, 2.45) is 5.92 Å². The molecule has 3 amide bonds. The van der Waals surface area contributed by atoms with Crippen LogP contribution in [0.1, 0.15) is 27.9 Å². The van der Waals surface area contributed by atoms with Gasteiger partial charge in [-0.2, -0.15) is 5.10 Å². The summed E-state index contributed by atoms with van der Waals surface area (Å²) in [5.74, 6) is -0.526. The van der Waals surface area contributed by atoms with E-state index in [1.807, 2.05) is 54.6 Å². The van der Waals surface area contributed by atoms with Gasteiger partial charge in [-0.05, 0) is 11.1 Å². The molecule has 0 radical (unpaired) electrons. The molecule has 2 heterocycles. The fourth-order valence-electron chi connectivity index (χ4n) is 3.97. The molecule has 0 spiro atoms. The fourth-order valence-corrected chi connectivity index (χ4v) is 3.97. The van der Waals surface area contributed by atoms with Gasteiger partial charge in [0.2, 0.25) is 11.8 Å². The van der Waals surface area contributed by atoms with Crippen molar-refractivity contribution in [3.8, 4) is 11.3 Å². The first-order valence-electron chi connectivity index (χ1n) is 10.9. The van der Waals surface area contributed by atoms with Crippen LogP contribution in [0.25, 0.3) is 11.3 Å². The van der Waals surface area contributed by atoms with E-state index in [1.165, 1.54) is 0 Å². The molecule has 0 saturated carbocycles. The van der Waals surface area contributed by atoms with Crippen LogP contribution in [0.3, 0.4) is 0 Å². The number of amides is 3.